The zero-order valence-electron chi connectivity index (χ0n) is 78.3. The Morgan fingerprint density at radius 2 is 0.741 bits per heavy atom. The zero-order valence-corrected chi connectivity index (χ0v) is 93.2. The van der Waals surface area contributed by atoms with E-state index in [0.29, 0.717) is 96.4 Å². The van der Waals surface area contributed by atoms with Crippen molar-refractivity contribution in [2.24, 2.45) is 21.7 Å². The molecule has 0 aliphatic heterocycles. The van der Waals surface area contributed by atoms with Gasteiger partial charge >= 0.3 is 111 Å². The third kappa shape index (κ3) is 56.0. The molecule has 13 rings (SSSR count). The number of esters is 2. The van der Waals surface area contributed by atoms with Gasteiger partial charge in [0, 0.05) is 126 Å². The van der Waals surface area contributed by atoms with Gasteiger partial charge in [-0.3, -0.25) is 59.0 Å². The molecule has 2 aromatic carbocycles. The molecular weight excluding hydrogens is 2190 g/mol. The summed E-state index contributed by atoms with van der Waals surface area (Å²) in [6.45, 7) is 16.1. The summed E-state index contributed by atoms with van der Waals surface area (Å²) in [6.07, 6.45) is 29.9. The van der Waals surface area contributed by atoms with Gasteiger partial charge in [0.15, 0.2) is 40.1 Å². The molecule has 45 nitrogen and oxygen atoms in total. The molecule has 59 heteroatoms. The number of thiazole rings is 4. The van der Waals surface area contributed by atoms with Crippen molar-refractivity contribution in [1.82, 2.24) is 95.0 Å². The molecule has 0 radical (unpaired) electrons. The van der Waals surface area contributed by atoms with E-state index in [1.807, 2.05) is 40.1 Å². The Hall–Kier alpha value is -11.3. The SMILES string of the molecule is COC(=O)c1cnc(C)cn1.COC(=O)c1cnc(CBr)cn1.C[Si](C)(C)[O-].Cc1ncc(CCC(=O)c2cnc(CN)cn2)s1.Cc1ncc(CCC(=O)c2cnc(CN=[N+]=[N-])cn2)s1.Cc1ncc(CCC(=O)c2cnc(CNC(=O)c3cc(Cl)ccc3F)cn2)s1.Cc1ncc(CN)s1.Cl.O=C(O)c1cc(Cl)ccc1F.O=C(O)c1cnc(CBr)cn1.[K+].[N-]=[N+]=NCc1cnc(C(=O)O)cn1.[N-]=[N+]=[N-].[Na+]. The van der Waals surface area contributed by atoms with Gasteiger partial charge in [0.2, 0.25) is 0 Å². The summed E-state index contributed by atoms with van der Waals surface area (Å²) in [6, 6.07) is 7.13. The van der Waals surface area contributed by atoms with Gasteiger partial charge < -0.3 is 57.4 Å². The van der Waals surface area contributed by atoms with Crippen LogP contribution in [0.5, 0.6) is 0 Å². The number of hydrogen-bond donors (Lipinski definition) is 6. The minimum absolute atomic E-state index is 0. The van der Waals surface area contributed by atoms with E-state index in [9.17, 15) is 56.7 Å². The number of ether oxygens (including phenoxy) is 2. The van der Waals surface area contributed by atoms with Crippen LogP contribution in [0, 0.1) is 46.3 Å². The van der Waals surface area contributed by atoms with Crippen LogP contribution in [0.4, 0.5) is 8.78 Å². The Labute approximate surface area is 930 Å². The normalized spacial score (nSPS) is 9.64. The van der Waals surface area contributed by atoms with Crippen molar-refractivity contribution < 1.29 is 162 Å². The number of Topliss-reactive ketones (excluding diaryl/α,β-unsaturated/α-hetero) is 3. The number of carbonyl (C=O) groups is 9. The number of aromatic carboxylic acids is 3. The van der Waals surface area contributed by atoms with Crippen molar-refractivity contribution in [2.45, 2.75) is 136 Å². The number of nitrogens with zero attached hydrogens (tertiary/aromatic N) is 27. The molecule has 11 aromatic heterocycles. The molecule has 11 heterocycles. The number of nitrogens with two attached hydrogens (primary N) is 2. The number of halogens is 7. The van der Waals surface area contributed by atoms with Crippen molar-refractivity contribution in [2.75, 3.05) is 14.2 Å². The molecular formula is C84H89Br2Cl3F2KN30NaO15S4Si. The van der Waals surface area contributed by atoms with E-state index >= 15 is 0 Å². The van der Waals surface area contributed by atoms with Gasteiger partial charge in [-0.1, -0.05) is 93.2 Å². The number of carboxylic acids is 3. The topological polar surface area (TPSA) is 708 Å². The number of nitrogens with one attached hydrogen (secondary N) is 1. The number of benzene rings is 2. The fourth-order valence-corrected chi connectivity index (χ4v) is 13.0. The van der Waals surface area contributed by atoms with Crippen LogP contribution in [0.3, 0.4) is 0 Å². The number of aryl methyl sites for hydroxylation is 8. The first-order valence-electron chi connectivity index (χ1n) is 39.8. The maximum atomic E-state index is 13.7. The summed E-state index contributed by atoms with van der Waals surface area (Å²) < 4.78 is 35.2. The predicted molar refractivity (Wildman–Crippen MR) is 529 cm³/mol. The maximum absolute atomic E-state index is 13.7. The smallest absolute Gasteiger partial charge is 0.859 e. The molecule has 0 fully saturated rings. The molecule has 0 saturated heterocycles. The molecule has 0 saturated carbocycles. The second kappa shape index (κ2) is 73.7. The minimum Gasteiger partial charge on any atom is -0.859 e. The van der Waals surface area contributed by atoms with Crippen molar-refractivity contribution in [3.63, 3.8) is 0 Å². The quantitative estimate of drug-likeness (QED) is 0.00504. The number of alkyl halides is 2. The molecule has 0 aliphatic carbocycles. The second-order valence-corrected chi connectivity index (χ2v) is 39.0. The van der Waals surface area contributed by atoms with Gasteiger partial charge in [-0.2, -0.15) is 0 Å². The number of hydrogen-bond acceptors (Lipinski definition) is 38. The van der Waals surface area contributed by atoms with Gasteiger partial charge in [0.05, 0.1) is 173 Å². The van der Waals surface area contributed by atoms with Crippen LogP contribution >= 0.6 is 113 Å². The molecule has 0 spiro atoms. The van der Waals surface area contributed by atoms with E-state index in [1.54, 1.807) is 90.5 Å². The third-order valence-corrected chi connectivity index (χ3v) is 21.1. The molecule has 744 valence electrons. The summed E-state index contributed by atoms with van der Waals surface area (Å²) >= 11 is 24.0. The van der Waals surface area contributed by atoms with Crippen LogP contribution in [0.15, 0.2) is 158 Å². The van der Waals surface area contributed by atoms with E-state index < -0.39 is 61.3 Å². The van der Waals surface area contributed by atoms with E-state index in [4.69, 9.17) is 72.1 Å². The fourth-order valence-electron chi connectivity index (χ4n) is 9.06. The van der Waals surface area contributed by atoms with Gasteiger partial charge in [0.25, 0.3) is 5.91 Å². The fraction of sp³-hybridized carbons (Fsp3) is 0.274. The average molecular weight is 2280 g/mol. The number of rotatable bonds is 28. The van der Waals surface area contributed by atoms with Crippen LogP contribution in [0.2, 0.25) is 29.7 Å². The Morgan fingerprint density at radius 1 is 0.441 bits per heavy atom. The molecule has 1 amide bonds. The van der Waals surface area contributed by atoms with Crippen LogP contribution in [-0.2, 0) is 72.1 Å². The van der Waals surface area contributed by atoms with E-state index in [0.717, 1.165) is 81.0 Å². The number of amides is 1. The Morgan fingerprint density at radius 3 is 1.01 bits per heavy atom. The summed E-state index contributed by atoms with van der Waals surface area (Å²) in [5, 5.41) is 40.2. The number of carboxylic acid groups (broad SMARTS) is 3. The van der Waals surface area contributed by atoms with Gasteiger partial charge in [-0.05, 0) is 101 Å². The van der Waals surface area contributed by atoms with E-state index in [2.05, 4.69) is 156 Å². The Bertz CT molecular complexity index is 6300. The zero-order chi connectivity index (χ0) is 104. The Kier molecular flexibility index (Phi) is 67.9. The molecule has 8 N–H and O–H groups in total. The number of ketones is 3. The number of aromatic nitrogens is 18. The second-order valence-electron chi connectivity index (χ2n) is 27.5. The van der Waals surface area contributed by atoms with Gasteiger partial charge in [-0.25, -0.2) is 87.6 Å². The van der Waals surface area contributed by atoms with E-state index in [-0.39, 0.29) is 174 Å². The first-order chi connectivity index (χ1) is 66.6. The van der Waals surface area contributed by atoms with Crippen molar-refractivity contribution in [3.8, 4) is 0 Å². The standard InChI is InChI=1S/C19H16ClFN4O2S.C12H12N6OS.C12H14N4OS.C7H7BrN2O2.C7H4ClFO2.C7H8N2O2.C6H5BrN2O2.C6H5N5O2.C5H8N2S.C3H9OSi.ClH.K.N3.Na/c1-11-22-9-14(28-11)3-5-18(26)17-10-23-13(7-24-17)8-25-19(27)15-6-12(20)2-4-16(15)21;1-8-14-6-10(20-8)2-3-12(19)11-7-15-9(4-16-11)5-17-18-13;1-8-14-6-10(18-8)2-3-12(17)11-7-15-9(4-13)5-16-11;1-12-7(11)6-4-9-5(2-8)3-10-6;8-4-1-2-6(9)5(3-4)7(10)11;1-5-3-9-6(4-8-5)7(10)11-2;7-1-4-2-9-5(3-8-4)6(10)11;7-11-10-2-4-1-9-5(3-8-4)6(12)13;1-4-7-3-5(2-6)8-4;1-5(2,3)4;;;1-3-2;/h2,4,6-7,9-10H,3,5,8H2,1H3,(H,25,27);4,6-7H,2-3,5H2,1H3;5-7H,2-4,13H2,1H3;3-4H,2H2,1H3;1-3H,(H,10,11);3-4H,1-2H3;2-3H,1H2,(H,10,11);1,3H,2H2,(H,12,13);3H,2,6H2,1H3;1-3H3;1H;;;/q;;;;;;;;;-1;;+1;-1;+1. The molecule has 143 heavy (non-hydrogen) atoms. The summed E-state index contributed by atoms with van der Waals surface area (Å²) in [5.41, 5.74) is 45.5. The summed E-state index contributed by atoms with van der Waals surface area (Å²) in [7, 11) is 0.756. The summed E-state index contributed by atoms with van der Waals surface area (Å²) in [5.74, 6) is -6.66. The van der Waals surface area contributed by atoms with Gasteiger partial charge in [-0.15, -0.1) is 57.8 Å². The first-order valence-corrected chi connectivity index (χ1v) is 49.5. The average Bonchev–Trinajstić information content (AvgIpc) is 1.46. The molecule has 13 aromatic rings. The predicted octanol–water partition coefficient (Wildman–Crippen LogP) is 10.5. The Balaban J connectivity index is 0.00000160. The molecule has 0 unspecified atom stereocenters. The van der Waals surface area contributed by atoms with Gasteiger partial charge in [0.1, 0.15) is 28.7 Å². The molecule has 0 bridgehead atoms. The minimum atomic E-state index is -1.86. The largest absolute Gasteiger partial charge is 1.00 e. The first kappa shape index (κ1) is 132. The van der Waals surface area contributed by atoms with Crippen LogP contribution in [-0.4, -0.2) is 181 Å². The maximum Gasteiger partial charge on any atom is 1.00 e. The number of methoxy groups -OCH3 is 2. The number of carbonyl (C=O) groups excluding carboxylic acids is 6. The third-order valence-electron chi connectivity index (χ3n) is 15.6. The van der Waals surface area contributed by atoms with Crippen LogP contribution in [0.25, 0.3) is 36.9 Å². The van der Waals surface area contributed by atoms with Crippen molar-refractivity contribution in [3.05, 3.63) is 337 Å². The molecule has 0 atom stereocenters. The van der Waals surface area contributed by atoms with Crippen LogP contribution < -0.4 is 103 Å². The van der Waals surface area contributed by atoms with E-state index in [1.165, 1.54) is 112 Å². The van der Waals surface area contributed by atoms with Crippen LogP contribution in [0.1, 0.15) is 193 Å². The molecule has 0 aliphatic rings. The van der Waals surface area contributed by atoms with Crippen molar-refractivity contribution >= 4 is 174 Å². The van der Waals surface area contributed by atoms with Crippen molar-refractivity contribution in [1.29, 1.82) is 0 Å². The summed E-state index contributed by atoms with van der Waals surface area (Å²) in [4.78, 5) is 193. The monoisotopic (exact) mass is 2280 g/mol. The number of azide groups is 2.